The van der Waals surface area contributed by atoms with Crippen molar-refractivity contribution >= 4 is 11.7 Å². The number of piperidine rings is 3. The number of carbonyl (C=O) groups is 2. The van der Waals surface area contributed by atoms with Crippen molar-refractivity contribution < 1.29 is 14.3 Å². The van der Waals surface area contributed by atoms with Crippen LogP contribution in [0.15, 0.2) is 24.3 Å². The lowest BCUT2D eigenvalue weighted by molar-refractivity contribution is -0.137. The van der Waals surface area contributed by atoms with Gasteiger partial charge in [0.15, 0.2) is 0 Å². The summed E-state index contributed by atoms with van der Waals surface area (Å²) >= 11 is 0. The van der Waals surface area contributed by atoms with E-state index in [4.69, 9.17) is 4.74 Å². The minimum Gasteiger partial charge on any atom is -0.497 e. The zero-order chi connectivity index (χ0) is 18.3. The molecule has 5 rings (SSSR count). The molecule has 0 spiro atoms. The van der Waals surface area contributed by atoms with E-state index >= 15 is 0 Å². The van der Waals surface area contributed by atoms with Crippen LogP contribution >= 0.6 is 0 Å². The molecular weight excluding hydrogens is 328 g/mol. The summed E-state index contributed by atoms with van der Waals surface area (Å²) in [4.78, 5) is 28.9. The third-order valence-electron chi connectivity index (χ3n) is 6.55. The smallest absolute Gasteiger partial charge is 0.223 e. The maximum atomic E-state index is 12.9. The summed E-state index contributed by atoms with van der Waals surface area (Å²) < 4.78 is 5.29. The molecule has 140 valence electrons. The minimum absolute atomic E-state index is 0.0923. The van der Waals surface area contributed by atoms with E-state index in [1.165, 1.54) is 18.4 Å². The maximum Gasteiger partial charge on any atom is 0.223 e. The topological polar surface area (TPSA) is 49.9 Å². The molecule has 0 unspecified atom stereocenters. The highest BCUT2D eigenvalue weighted by Gasteiger charge is 2.54. The molecule has 5 nitrogen and oxygen atoms in total. The lowest BCUT2D eigenvalue weighted by Crippen LogP contribution is -2.60. The molecule has 5 heteroatoms. The molecule has 1 aromatic rings. The summed E-state index contributed by atoms with van der Waals surface area (Å²) in [5, 5.41) is 0. The molecule has 4 heterocycles. The molecular formula is C21H28N2O3. The summed E-state index contributed by atoms with van der Waals surface area (Å²) in [6.07, 6.45) is 3.08. The molecule has 1 amide bonds. The van der Waals surface area contributed by atoms with Gasteiger partial charge in [0.25, 0.3) is 0 Å². The average molecular weight is 356 g/mol. The molecule has 4 aliphatic rings. The van der Waals surface area contributed by atoms with Gasteiger partial charge in [0.2, 0.25) is 5.91 Å². The van der Waals surface area contributed by atoms with Crippen molar-refractivity contribution in [3.05, 3.63) is 29.8 Å². The van der Waals surface area contributed by atoms with Crippen LogP contribution in [0, 0.1) is 5.92 Å². The summed E-state index contributed by atoms with van der Waals surface area (Å²) in [6, 6.07) is 9.05. The van der Waals surface area contributed by atoms with Crippen molar-refractivity contribution in [1.82, 2.24) is 9.80 Å². The highest BCUT2D eigenvalue weighted by atomic mass is 16.5. The maximum absolute atomic E-state index is 12.9. The van der Waals surface area contributed by atoms with Gasteiger partial charge in [-0.1, -0.05) is 12.1 Å². The van der Waals surface area contributed by atoms with Crippen molar-refractivity contribution in [3.8, 4) is 5.75 Å². The zero-order valence-electron chi connectivity index (χ0n) is 15.7. The van der Waals surface area contributed by atoms with Crippen molar-refractivity contribution in [2.45, 2.75) is 50.6 Å². The Morgan fingerprint density at radius 1 is 1.08 bits per heavy atom. The number of Topliss-reactive ketones (excluding diaryl/α,β-unsaturated/α-hetero) is 1. The largest absolute Gasteiger partial charge is 0.497 e. The highest BCUT2D eigenvalue weighted by molar-refractivity contribution is 5.84. The van der Waals surface area contributed by atoms with Crippen LogP contribution in [0.5, 0.6) is 5.75 Å². The second kappa shape index (κ2) is 7.03. The van der Waals surface area contributed by atoms with E-state index in [-0.39, 0.29) is 11.7 Å². The first kappa shape index (κ1) is 17.5. The number of methoxy groups -OCH3 is 1. The standard InChI is InChI=1S/C21H28N2O3/c1-14(24)3-8-19(25)23-13-18(15-4-6-17(26-2)7-5-15)21-20(23)16-9-11-22(21)12-10-16/h4-7,16,18,20-21H,3,8-13H2,1-2H3/t18-,20+,21+/m1/s1. The number of likely N-dealkylation sites (tertiary alicyclic amines) is 1. The van der Waals surface area contributed by atoms with Crippen molar-refractivity contribution in [1.29, 1.82) is 0 Å². The third-order valence-corrected chi connectivity index (χ3v) is 6.55. The first-order valence-corrected chi connectivity index (χ1v) is 9.75. The Balaban J connectivity index is 1.60. The van der Waals surface area contributed by atoms with Gasteiger partial charge in [-0.3, -0.25) is 9.69 Å². The molecule has 0 aromatic heterocycles. The van der Waals surface area contributed by atoms with Crippen LogP contribution in [0.2, 0.25) is 0 Å². The van der Waals surface area contributed by atoms with Gasteiger partial charge in [-0.05, 0) is 56.5 Å². The Hall–Kier alpha value is -1.88. The van der Waals surface area contributed by atoms with Crippen LogP contribution in [0.25, 0.3) is 0 Å². The monoisotopic (exact) mass is 356 g/mol. The predicted octanol–water partition coefficient (Wildman–Crippen LogP) is 2.45. The van der Waals surface area contributed by atoms with Gasteiger partial charge in [-0.25, -0.2) is 0 Å². The quantitative estimate of drug-likeness (QED) is 0.813. The SMILES string of the molecule is COc1ccc([C@H]2CN(C(=O)CCC(C)=O)[C@H]3C4CCN(CC4)[C@@H]23)cc1. The van der Waals surface area contributed by atoms with Crippen LogP contribution < -0.4 is 4.74 Å². The number of hydrogen-bond donors (Lipinski definition) is 0. The minimum atomic E-state index is 0.0923. The van der Waals surface area contributed by atoms with E-state index in [0.717, 1.165) is 25.4 Å². The van der Waals surface area contributed by atoms with Crippen LogP contribution in [0.4, 0.5) is 0 Å². The predicted molar refractivity (Wildman–Crippen MR) is 99.2 cm³/mol. The number of carbonyl (C=O) groups excluding carboxylic acids is 2. The zero-order valence-corrected chi connectivity index (χ0v) is 15.7. The fraction of sp³-hybridized carbons (Fsp3) is 0.619. The number of ether oxygens (including phenoxy) is 1. The Kier molecular flexibility index (Phi) is 4.74. The second-order valence-electron chi connectivity index (χ2n) is 7.98. The molecule has 26 heavy (non-hydrogen) atoms. The second-order valence-corrected chi connectivity index (χ2v) is 7.98. The van der Waals surface area contributed by atoms with E-state index in [1.54, 1.807) is 14.0 Å². The number of rotatable bonds is 5. The molecule has 4 saturated heterocycles. The molecule has 1 aromatic carbocycles. The number of amides is 1. The molecule has 3 atom stereocenters. The Morgan fingerprint density at radius 3 is 2.38 bits per heavy atom. The third kappa shape index (κ3) is 3.02. The van der Waals surface area contributed by atoms with Crippen molar-refractivity contribution in [3.63, 3.8) is 0 Å². The summed E-state index contributed by atoms with van der Waals surface area (Å²) in [5.41, 5.74) is 1.29. The average Bonchev–Trinajstić information content (AvgIpc) is 3.10. The normalized spacial score (nSPS) is 32.4. The van der Waals surface area contributed by atoms with E-state index in [9.17, 15) is 9.59 Å². The molecule has 2 bridgehead atoms. The number of hydrogen-bond acceptors (Lipinski definition) is 4. The van der Waals surface area contributed by atoms with Gasteiger partial charge in [-0.15, -0.1) is 0 Å². The van der Waals surface area contributed by atoms with Gasteiger partial charge < -0.3 is 14.4 Å². The lowest BCUT2D eigenvalue weighted by atomic mass is 9.75. The number of ketones is 1. The van der Waals surface area contributed by atoms with Gasteiger partial charge in [0, 0.05) is 31.3 Å². The van der Waals surface area contributed by atoms with Crippen LogP contribution in [0.3, 0.4) is 0 Å². The fourth-order valence-corrected chi connectivity index (χ4v) is 5.28. The number of fused-ring (bicyclic) bond motifs is 2. The van der Waals surface area contributed by atoms with E-state index in [2.05, 4.69) is 21.9 Å². The summed E-state index contributed by atoms with van der Waals surface area (Å²) in [5.74, 6) is 2.06. The lowest BCUT2D eigenvalue weighted by Gasteiger charge is -2.51. The Bertz CT molecular complexity index is 679. The van der Waals surface area contributed by atoms with Gasteiger partial charge in [0.1, 0.15) is 11.5 Å². The molecule has 4 fully saturated rings. The Labute approximate surface area is 155 Å². The van der Waals surface area contributed by atoms with Crippen LogP contribution in [-0.4, -0.2) is 60.3 Å². The number of benzene rings is 1. The van der Waals surface area contributed by atoms with E-state index in [0.29, 0.717) is 36.8 Å². The molecule has 0 saturated carbocycles. The first-order valence-electron chi connectivity index (χ1n) is 9.75. The Morgan fingerprint density at radius 2 is 1.77 bits per heavy atom. The molecule has 4 aliphatic heterocycles. The van der Waals surface area contributed by atoms with Gasteiger partial charge in [-0.2, -0.15) is 0 Å². The summed E-state index contributed by atoms with van der Waals surface area (Å²) in [7, 11) is 1.68. The summed E-state index contributed by atoms with van der Waals surface area (Å²) in [6.45, 7) is 4.63. The van der Waals surface area contributed by atoms with Gasteiger partial charge >= 0.3 is 0 Å². The van der Waals surface area contributed by atoms with E-state index < -0.39 is 0 Å². The molecule has 0 N–H and O–H groups in total. The van der Waals surface area contributed by atoms with Crippen LogP contribution in [-0.2, 0) is 9.59 Å². The van der Waals surface area contributed by atoms with E-state index in [1.807, 2.05) is 12.1 Å². The van der Waals surface area contributed by atoms with Crippen molar-refractivity contribution in [2.24, 2.45) is 5.92 Å². The molecule has 0 aliphatic carbocycles. The van der Waals surface area contributed by atoms with Gasteiger partial charge in [0.05, 0.1) is 13.2 Å². The highest BCUT2D eigenvalue weighted by Crippen LogP contribution is 2.46. The molecule has 0 radical (unpaired) electrons. The number of nitrogens with zero attached hydrogens (tertiary/aromatic N) is 2. The van der Waals surface area contributed by atoms with Crippen molar-refractivity contribution in [2.75, 3.05) is 26.7 Å². The first-order chi connectivity index (χ1) is 12.6. The fourth-order valence-electron chi connectivity index (χ4n) is 5.28. The van der Waals surface area contributed by atoms with Crippen LogP contribution in [0.1, 0.15) is 44.1 Å².